The van der Waals surface area contributed by atoms with Gasteiger partial charge in [0, 0.05) is 23.1 Å². The van der Waals surface area contributed by atoms with E-state index in [1.807, 2.05) is 0 Å². The summed E-state index contributed by atoms with van der Waals surface area (Å²) < 4.78 is 62.4. The van der Waals surface area contributed by atoms with Gasteiger partial charge in [-0.3, -0.25) is 4.79 Å². The number of pyridine rings is 1. The van der Waals surface area contributed by atoms with Crippen LogP contribution in [0.4, 0.5) is 13.2 Å². The zero-order valence-electron chi connectivity index (χ0n) is 17.9. The Morgan fingerprint density at radius 2 is 2.00 bits per heavy atom. The first-order valence-electron chi connectivity index (χ1n) is 10.3. The van der Waals surface area contributed by atoms with E-state index in [9.17, 15) is 18.0 Å². The topological polar surface area (TPSA) is 58.9 Å². The number of hydrogen-bond donors (Lipinski definition) is 0. The molecule has 2 aliphatic heterocycles. The number of rotatable bonds is 5. The minimum Gasteiger partial charge on any atom is -0.498 e. The Hall–Kier alpha value is -2.33. The molecule has 1 aromatic heterocycles. The molecule has 4 rings (SSSR count). The summed E-state index contributed by atoms with van der Waals surface area (Å²) in [6.07, 6.45) is -4.83. The van der Waals surface area contributed by atoms with Crippen LogP contribution in [0.15, 0.2) is 23.0 Å². The van der Waals surface area contributed by atoms with Crippen molar-refractivity contribution in [2.75, 3.05) is 26.4 Å². The maximum absolute atomic E-state index is 13.0. The zero-order chi connectivity index (χ0) is 24.0. The van der Waals surface area contributed by atoms with Crippen molar-refractivity contribution in [1.29, 1.82) is 0 Å². The fourth-order valence-corrected chi connectivity index (χ4v) is 3.93. The first-order chi connectivity index (χ1) is 15.5. The van der Waals surface area contributed by atoms with Gasteiger partial charge < -0.3 is 23.5 Å². The average Bonchev–Trinajstić information content (AvgIpc) is 2.76. The fourth-order valence-electron chi connectivity index (χ4n) is 3.93. The zero-order valence-corrected chi connectivity index (χ0v) is 17.9. The highest BCUT2D eigenvalue weighted by atomic mass is 19.4. The van der Waals surface area contributed by atoms with Crippen molar-refractivity contribution in [3.05, 3.63) is 39.5 Å². The van der Waals surface area contributed by atoms with E-state index < -0.39 is 11.6 Å². The van der Waals surface area contributed by atoms with Gasteiger partial charge in [-0.2, -0.15) is 13.2 Å². The third-order valence-electron chi connectivity index (χ3n) is 5.64. The van der Waals surface area contributed by atoms with Crippen LogP contribution in [-0.2, 0) is 22.4 Å². The minimum atomic E-state index is -4.96. The predicted octanol–water partition coefficient (Wildman–Crippen LogP) is 0.900. The first kappa shape index (κ1) is 23.8. The molecular weight excluding hydrogens is 436 g/mol. The summed E-state index contributed by atoms with van der Waals surface area (Å²) in [7, 11) is 16.3. The lowest BCUT2D eigenvalue weighted by Gasteiger charge is -2.32. The molecule has 0 aliphatic carbocycles. The normalized spacial score (nSPS) is 18.4. The van der Waals surface area contributed by atoms with Gasteiger partial charge in [0.2, 0.25) is 0 Å². The van der Waals surface area contributed by atoms with E-state index in [4.69, 9.17) is 42.5 Å². The molecular formula is C21H19B3F3NO5. The number of benzene rings is 1. The van der Waals surface area contributed by atoms with E-state index in [-0.39, 0.29) is 35.2 Å². The van der Waals surface area contributed by atoms with Gasteiger partial charge >= 0.3 is 6.18 Å². The third-order valence-corrected chi connectivity index (χ3v) is 5.64. The standard InChI is InChI=1S/C21H19B3F3NO5/c1-11-17-15-3-2-13(33-20(23,24)21(25,26)27)8-12(15)4-5-28(17)19(16(22)18(11)29)32-10-14-9-30-6-7-31-14/h2-3,8,14H,4-7,9-10H2,1H3/t14-/m0/s1. The Bertz CT molecular complexity index is 1110. The van der Waals surface area contributed by atoms with E-state index in [1.165, 1.54) is 12.1 Å². The first-order valence-corrected chi connectivity index (χ1v) is 10.3. The largest absolute Gasteiger partial charge is 0.498 e. The number of nitrogens with zero attached hydrogens (tertiary/aromatic N) is 1. The van der Waals surface area contributed by atoms with Crippen molar-refractivity contribution >= 4 is 29.0 Å². The molecule has 0 saturated carbocycles. The molecule has 0 bridgehead atoms. The van der Waals surface area contributed by atoms with Gasteiger partial charge in [0.1, 0.15) is 47.4 Å². The monoisotopic (exact) mass is 455 g/mol. The van der Waals surface area contributed by atoms with Gasteiger partial charge in [-0.05, 0) is 37.1 Å². The SMILES string of the molecule is [B]c1c(OC[C@@H]2COCCO2)n2c(c(C)c1=O)-c1ccc(OC([B])([B])C(F)(F)F)cc1CC2. The Labute approximate surface area is 192 Å². The number of fused-ring (bicyclic) bond motifs is 3. The predicted molar refractivity (Wildman–Crippen MR) is 117 cm³/mol. The summed E-state index contributed by atoms with van der Waals surface area (Å²) in [5.74, 6) is 0.0895. The van der Waals surface area contributed by atoms with Crippen molar-refractivity contribution in [3.63, 3.8) is 0 Å². The maximum Gasteiger partial charge on any atom is 0.410 e. The molecule has 2 aliphatic rings. The summed E-state index contributed by atoms with van der Waals surface area (Å²) in [4.78, 5) is 12.8. The Morgan fingerprint density at radius 1 is 1.24 bits per heavy atom. The Morgan fingerprint density at radius 3 is 2.67 bits per heavy atom. The van der Waals surface area contributed by atoms with Crippen LogP contribution in [-0.4, -0.2) is 72.2 Å². The van der Waals surface area contributed by atoms with Gasteiger partial charge in [0.25, 0.3) is 0 Å². The van der Waals surface area contributed by atoms with Crippen molar-refractivity contribution in [2.45, 2.75) is 37.6 Å². The van der Waals surface area contributed by atoms with Crippen LogP contribution in [0.3, 0.4) is 0 Å². The minimum absolute atomic E-state index is 0.0161. The van der Waals surface area contributed by atoms with Crippen LogP contribution < -0.4 is 20.4 Å². The van der Waals surface area contributed by atoms with Crippen molar-refractivity contribution in [2.24, 2.45) is 0 Å². The van der Waals surface area contributed by atoms with Crippen LogP contribution in [0.2, 0.25) is 0 Å². The number of aryl methyl sites for hydroxylation is 1. The van der Waals surface area contributed by atoms with E-state index in [0.717, 1.165) is 0 Å². The lowest BCUT2D eigenvalue weighted by Crippen LogP contribution is -2.51. The molecule has 2 aromatic rings. The summed E-state index contributed by atoms with van der Waals surface area (Å²) in [6, 6.07) is 4.32. The third kappa shape index (κ3) is 4.55. The Balaban J connectivity index is 1.69. The fraction of sp³-hybridized carbons (Fsp3) is 0.476. The summed E-state index contributed by atoms with van der Waals surface area (Å²) >= 11 is 0. The Kier molecular flexibility index (Phi) is 6.35. The van der Waals surface area contributed by atoms with E-state index in [0.29, 0.717) is 55.2 Å². The average molecular weight is 455 g/mol. The molecule has 0 spiro atoms. The molecule has 0 N–H and O–H groups in total. The quantitative estimate of drug-likeness (QED) is 0.628. The molecule has 168 valence electrons. The molecule has 0 unspecified atom stereocenters. The van der Waals surface area contributed by atoms with Gasteiger partial charge in [0.15, 0.2) is 11.3 Å². The van der Waals surface area contributed by atoms with Gasteiger partial charge in [-0.25, -0.2) is 0 Å². The van der Waals surface area contributed by atoms with Gasteiger partial charge in [-0.15, -0.1) is 0 Å². The van der Waals surface area contributed by atoms with Crippen molar-refractivity contribution in [1.82, 2.24) is 4.57 Å². The molecule has 12 heteroatoms. The number of aromatic nitrogens is 1. The summed E-state index contributed by atoms with van der Waals surface area (Å²) in [5.41, 5.74) is 1.89. The van der Waals surface area contributed by atoms with Gasteiger partial charge in [-0.1, -0.05) is 0 Å². The number of hydrogen-bond acceptors (Lipinski definition) is 5. The molecule has 0 amide bonds. The second kappa shape index (κ2) is 8.79. The molecule has 6 nitrogen and oxygen atoms in total. The van der Waals surface area contributed by atoms with Crippen LogP contribution in [0.1, 0.15) is 11.1 Å². The summed E-state index contributed by atoms with van der Waals surface area (Å²) in [6.45, 7) is 3.51. The highest BCUT2D eigenvalue weighted by molar-refractivity contribution is 6.40. The second-order valence-electron chi connectivity index (χ2n) is 8.01. The van der Waals surface area contributed by atoms with E-state index >= 15 is 0 Å². The van der Waals surface area contributed by atoms with Crippen LogP contribution >= 0.6 is 0 Å². The van der Waals surface area contributed by atoms with E-state index in [1.54, 1.807) is 17.6 Å². The highest BCUT2D eigenvalue weighted by Gasteiger charge is 2.48. The second-order valence-corrected chi connectivity index (χ2v) is 8.01. The van der Waals surface area contributed by atoms with Crippen molar-refractivity contribution in [3.8, 4) is 22.9 Å². The smallest absolute Gasteiger partial charge is 0.410 e. The highest BCUT2D eigenvalue weighted by Crippen LogP contribution is 2.37. The number of ether oxygens (including phenoxy) is 4. The molecule has 3 heterocycles. The summed E-state index contributed by atoms with van der Waals surface area (Å²) in [5, 5.41) is -3.33. The van der Waals surface area contributed by atoms with E-state index in [2.05, 4.69) is 0 Å². The van der Waals surface area contributed by atoms with Crippen molar-refractivity contribution < 1.29 is 32.1 Å². The molecule has 1 saturated heterocycles. The number of alkyl halides is 3. The van der Waals surface area contributed by atoms with Gasteiger partial charge in [0.05, 0.1) is 25.5 Å². The van der Waals surface area contributed by atoms with Crippen LogP contribution in [0.25, 0.3) is 11.3 Å². The molecule has 33 heavy (non-hydrogen) atoms. The molecule has 1 atom stereocenters. The maximum atomic E-state index is 13.0. The lowest BCUT2D eigenvalue weighted by molar-refractivity contribution is -0.185. The van der Waals surface area contributed by atoms with Crippen LogP contribution in [0, 0.1) is 6.92 Å². The molecule has 1 fully saturated rings. The molecule has 6 radical (unpaired) electrons. The lowest BCUT2D eigenvalue weighted by atomic mass is 9.64. The van der Waals surface area contributed by atoms with Crippen LogP contribution in [0.5, 0.6) is 11.6 Å². The number of halogens is 3. The molecule has 1 aromatic carbocycles.